The Kier molecular flexibility index (Phi) is 5.26. The first-order chi connectivity index (χ1) is 10.8. The first-order valence-corrected chi connectivity index (χ1v) is 8.43. The van der Waals surface area contributed by atoms with Crippen LogP contribution in [0.1, 0.15) is 0 Å². The van der Waals surface area contributed by atoms with Gasteiger partial charge in [0.1, 0.15) is 6.33 Å². The lowest BCUT2D eigenvalue weighted by atomic mass is 10.4. The van der Waals surface area contributed by atoms with Gasteiger partial charge in [-0.05, 0) is 0 Å². The molecule has 4 N–H and O–H groups in total. The van der Waals surface area contributed by atoms with Gasteiger partial charge < -0.3 is 19.9 Å². The van der Waals surface area contributed by atoms with Crippen LogP contribution in [0.25, 0.3) is 11.2 Å². The summed E-state index contributed by atoms with van der Waals surface area (Å²) in [7, 11) is -4.22. The standard InChI is InChI=1S/C11H16N5O6P/c17-8(18)5-15(3-4-23(20,21)22)1-2-16-7-14-10-9(11(16)19)12-6-13-10/h6-7H,1-5H2,(H,12,13)(H,17,18)(H2,20,21,22). The molecule has 0 atom stereocenters. The third-order valence-electron chi connectivity index (χ3n) is 3.14. The SMILES string of the molecule is O=C(O)CN(CCn1cnc2nc[nH]c2c1=O)CCP(=O)(O)O. The third-order valence-corrected chi connectivity index (χ3v) is 3.92. The van der Waals surface area contributed by atoms with Gasteiger partial charge in [0.2, 0.25) is 0 Å². The number of nitrogens with zero attached hydrogens (tertiary/aromatic N) is 4. The van der Waals surface area contributed by atoms with Crippen LogP contribution in [0.5, 0.6) is 0 Å². The van der Waals surface area contributed by atoms with E-state index in [2.05, 4.69) is 15.0 Å². The number of H-pyrrole nitrogens is 1. The van der Waals surface area contributed by atoms with Crippen LogP contribution in [0.2, 0.25) is 0 Å². The van der Waals surface area contributed by atoms with Gasteiger partial charge in [0.25, 0.3) is 5.56 Å². The van der Waals surface area contributed by atoms with Crippen molar-refractivity contribution in [1.29, 1.82) is 0 Å². The van der Waals surface area contributed by atoms with Crippen molar-refractivity contribution in [2.45, 2.75) is 6.54 Å². The molecular formula is C11H16N5O6P. The monoisotopic (exact) mass is 345 g/mol. The van der Waals surface area contributed by atoms with Crippen LogP contribution >= 0.6 is 7.60 Å². The van der Waals surface area contributed by atoms with Gasteiger partial charge in [-0.15, -0.1) is 0 Å². The molecule has 23 heavy (non-hydrogen) atoms. The molecule has 2 aromatic rings. The summed E-state index contributed by atoms with van der Waals surface area (Å²) in [5.41, 5.74) is 0.181. The van der Waals surface area contributed by atoms with Gasteiger partial charge in [-0.2, -0.15) is 0 Å². The van der Waals surface area contributed by atoms with Crippen molar-refractivity contribution in [1.82, 2.24) is 24.4 Å². The molecule has 0 aliphatic rings. The maximum absolute atomic E-state index is 12.1. The minimum atomic E-state index is -4.22. The van der Waals surface area contributed by atoms with Gasteiger partial charge in [0, 0.05) is 19.6 Å². The maximum atomic E-state index is 12.1. The largest absolute Gasteiger partial charge is 0.480 e. The van der Waals surface area contributed by atoms with Crippen molar-refractivity contribution < 1.29 is 24.3 Å². The van der Waals surface area contributed by atoms with Crippen LogP contribution in [-0.4, -0.2) is 71.1 Å². The Morgan fingerprint density at radius 2 is 2.09 bits per heavy atom. The van der Waals surface area contributed by atoms with Crippen LogP contribution in [0, 0.1) is 0 Å². The molecule has 0 unspecified atom stereocenters. The van der Waals surface area contributed by atoms with E-state index in [4.69, 9.17) is 14.9 Å². The zero-order valence-electron chi connectivity index (χ0n) is 12.0. The summed E-state index contributed by atoms with van der Waals surface area (Å²) in [5, 5.41) is 8.85. The van der Waals surface area contributed by atoms with Gasteiger partial charge in [-0.3, -0.25) is 23.6 Å². The van der Waals surface area contributed by atoms with E-state index in [1.165, 1.54) is 22.1 Å². The molecule has 0 aliphatic heterocycles. The molecule has 0 aliphatic carbocycles. The van der Waals surface area contributed by atoms with Gasteiger partial charge in [0.05, 0.1) is 19.0 Å². The van der Waals surface area contributed by atoms with Gasteiger partial charge >= 0.3 is 13.6 Å². The number of hydrogen-bond donors (Lipinski definition) is 4. The van der Waals surface area contributed by atoms with E-state index >= 15 is 0 Å². The topological polar surface area (TPSA) is 162 Å². The fraction of sp³-hybridized carbons (Fsp3) is 0.455. The predicted molar refractivity (Wildman–Crippen MR) is 79.1 cm³/mol. The highest BCUT2D eigenvalue weighted by molar-refractivity contribution is 7.51. The summed E-state index contributed by atoms with van der Waals surface area (Å²) in [6.45, 7) is -0.206. The molecule has 0 spiro atoms. The lowest BCUT2D eigenvalue weighted by molar-refractivity contribution is -0.138. The Morgan fingerprint density at radius 1 is 1.35 bits per heavy atom. The number of carboxylic acid groups (broad SMARTS) is 1. The number of aliphatic carboxylic acids is 1. The number of carbonyl (C=O) groups is 1. The van der Waals surface area contributed by atoms with Crippen molar-refractivity contribution >= 4 is 24.7 Å². The fourth-order valence-electron chi connectivity index (χ4n) is 2.00. The van der Waals surface area contributed by atoms with Crippen molar-refractivity contribution in [2.24, 2.45) is 0 Å². The molecule has 0 amide bonds. The van der Waals surface area contributed by atoms with Crippen molar-refractivity contribution in [3.8, 4) is 0 Å². The Hall–Kier alpha value is -2.07. The van der Waals surface area contributed by atoms with Crippen LogP contribution in [0.4, 0.5) is 0 Å². The molecule has 12 heteroatoms. The minimum absolute atomic E-state index is 0.0922. The molecule has 2 heterocycles. The average Bonchev–Trinajstić information content (AvgIpc) is 2.91. The molecule has 0 bridgehead atoms. The highest BCUT2D eigenvalue weighted by Crippen LogP contribution is 2.33. The molecule has 0 radical (unpaired) electrons. The maximum Gasteiger partial charge on any atom is 0.326 e. The number of imidazole rings is 1. The lowest BCUT2D eigenvalue weighted by Crippen LogP contribution is -2.36. The Bertz CT molecular complexity index is 796. The molecule has 2 aromatic heterocycles. The molecule has 126 valence electrons. The molecule has 0 saturated carbocycles. The van der Waals surface area contributed by atoms with Gasteiger partial charge in [0.15, 0.2) is 11.2 Å². The Morgan fingerprint density at radius 3 is 2.74 bits per heavy atom. The quantitative estimate of drug-likeness (QED) is 0.425. The van der Waals surface area contributed by atoms with E-state index in [1.807, 2.05) is 0 Å². The number of rotatable bonds is 8. The first-order valence-electron chi connectivity index (χ1n) is 6.63. The van der Waals surface area contributed by atoms with Gasteiger partial charge in [-0.25, -0.2) is 9.97 Å². The van der Waals surface area contributed by atoms with Crippen LogP contribution in [0.15, 0.2) is 17.4 Å². The zero-order valence-corrected chi connectivity index (χ0v) is 12.9. The normalized spacial score (nSPS) is 12.1. The lowest BCUT2D eigenvalue weighted by Gasteiger charge is -2.20. The number of hydrogen-bond acceptors (Lipinski definition) is 6. The third kappa shape index (κ3) is 4.96. The predicted octanol–water partition coefficient (Wildman–Crippen LogP) is -1.32. The van der Waals surface area contributed by atoms with E-state index in [1.54, 1.807) is 0 Å². The highest BCUT2D eigenvalue weighted by atomic mass is 31.2. The summed E-state index contributed by atoms with van der Waals surface area (Å²) in [4.78, 5) is 52.6. The van der Waals surface area contributed by atoms with E-state index in [0.29, 0.717) is 0 Å². The van der Waals surface area contributed by atoms with Crippen molar-refractivity contribution in [3.05, 3.63) is 23.0 Å². The van der Waals surface area contributed by atoms with E-state index in [9.17, 15) is 14.2 Å². The number of aromatic nitrogens is 4. The minimum Gasteiger partial charge on any atom is -0.480 e. The number of fused-ring (bicyclic) bond motifs is 1. The molecule has 0 fully saturated rings. The van der Waals surface area contributed by atoms with E-state index < -0.39 is 19.7 Å². The Labute approximate surface area is 129 Å². The number of nitrogens with one attached hydrogen (secondary N) is 1. The smallest absolute Gasteiger partial charge is 0.326 e. The summed E-state index contributed by atoms with van der Waals surface area (Å²) in [6, 6.07) is 0. The summed E-state index contributed by atoms with van der Waals surface area (Å²) >= 11 is 0. The molecule has 0 aromatic carbocycles. The number of aromatic amines is 1. The second-order valence-corrected chi connectivity index (χ2v) is 6.68. The second kappa shape index (κ2) is 7.01. The van der Waals surface area contributed by atoms with Crippen molar-refractivity contribution in [2.75, 3.05) is 25.8 Å². The highest BCUT2D eigenvalue weighted by Gasteiger charge is 2.18. The van der Waals surface area contributed by atoms with Crippen LogP contribution < -0.4 is 5.56 Å². The summed E-state index contributed by atoms with van der Waals surface area (Å²) < 4.78 is 12.2. The second-order valence-electron chi connectivity index (χ2n) is 4.90. The first kappa shape index (κ1) is 17.3. The molecule has 0 saturated heterocycles. The summed E-state index contributed by atoms with van der Waals surface area (Å²) in [6.07, 6.45) is 2.20. The van der Waals surface area contributed by atoms with E-state index in [0.717, 1.165) is 0 Å². The molecular weight excluding hydrogens is 329 g/mol. The van der Waals surface area contributed by atoms with Crippen molar-refractivity contribution in [3.63, 3.8) is 0 Å². The number of carboxylic acids is 1. The fourth-order valence-corrected chi connectivity index (χ4v) is 2.55. The average molecular weight is 345 g/mol. The zero-order chi connectivity index (χ0) is 17.0. The van der Waals surface area contributed by atoms with Crippen LogP contribution in [-0.2, 0) is 15.9 Å². The summed E-state index contributed by atoms with van der Waals surface area (Å²) in [5.74, 6) is -1.12. The van der Waals surface area contributed by atoms with E-state index in [-0.39, 0.29) is 42.9 Å². The molecule has 2 rings (SSSR count). The van der Waals surface area contributed by atoms with Gasteiger partial charge in [-0.1, -0.05) is 0 Å². The Balaban J connectivity index is 2.06. The molecule has 11 nitrogen and oxygen atoms in total. The van der Waals surface area contributed by atoms with Crippen LogP contribution in [0.3, 0.4) is 0 Å².